The summed E-state index contributed by atoms with van der Waals surface area (Å²) < 4.78 is 0.604. The number of rotatable bonds is 1. The molecule has 104 valence electrons. The summed E-state index contributed by atoms with van der Waals surface area (Å²) in [6.45, 7) is 4.73. The molecule has 1 aliphatic rings. The van der Waals surface area contributed by atoms with Crippen molar-refractivity contribution in [1.82, 2.24) is 9.80 Å². The quantitative estimate of drug-likeness (QED) is 0.861. The van der Waals surface area contributed by atoms with Crippen LogP contribution < -0.4 is 0 Å². The van der Waals surface area contributed by atoms with E-state index in [0.29, 0.717) is 10.0 Å². The van der Waals surface area contributed by atoms with Gasteiger partial charge in [0, 0.05) is 24.7 Å². The summed E-state index contributed by atoms with van der Waals surface area (Å²) in [6, 6.07) is 5.16. The predicted molar refractivity (Wildman–Crippen MR) is 78.4 cm³/mol. The normalized spacial score (nSPS) is 21.2. The average Bonchev–Trinajstić information content (AvgIpc) is 2.52. The van der Waals surface area contributed by atoms with Gasteiger partial charge in [-0.05, 0) is 61.1 Å². The zero-order chi connectivity index (χ0) is 14.0. The number of phenols is 1. The summed E-state index contributed by atoms with van der Waals surface area (Å²) in [5.74, 6) is 0.0936. The summed E-state index contributed by atoms with van der Waals surface area (Å²) in [7, 11) is 2.08. The minimum absolute atomic E-state index is 0.00870. The van der Waals surface area contributed by atoms with E-state index in [9.17, 15) is 9.90 Å². The average molecular weight is 327 g/mol. The molecule has 0 bridgehead atoms. The summed E-state index contributed by atoms with van der Waals surface area (Å²) in [5.41, 5.74) is 0.539. The van der Waals surface area contributed by atoms with Gasteiger partial charge in [-0.15, -0.1) is 0 Å². The number of aromatic hydroxyl groups is 1. The second-order valence-corrected chi connectivity index (χ2v) is 5.98. The van der Waals surface area contributed by atoms with E-state index >= 15 is 0 Å². The van der Waals surface area contributed by atoms with Gasteiger partial charge < -0.3 is 14.9 Å². The van der Waals surface area contributed by atoms with Crippen LogP contribution in [0.4, 0.5) is 0 Å². The lowest BCUT2D eigenvalue weighted by Crippen LogP contribution is -2.41. The molecular weight excluding hydrogens is 308 g/mol. The Bertz CT molecular complexity index is 479. The lowest BCUT2D eigenvalue weighted by atomic mass is 10.1. The second kappa shape index (κ2) is 5.92. The molecule has 1 aromatic rings. The van der Waals surface area contributed by atoms with Gasteiger partial charge in [-0.25, -0.2) is 0 Å². The van der Waals surface area contributed by atoms with Crippen molar-refractivity contribution in [3.63, 3.8) is 0 Å². The highest BCUT2D eigenvalue weighted by atomic mass is 79.9. The number of hydrogen-bond acceptors (Lipinski definition) is 3. The first kappa shape index (κ1) is 14.3. The van der Waals surface area contributed by atoms with Gasteiger partial charge in [-0.2, -0.15) is 0 Å². The lowest BCUT2D eigenvalue weighted by Gasteiger charge is -2.28. The number of carbonyl (C=O) groups is 1. The number of benzene rings is 1. The van der Waals surface area contributed by atoms with Gasteiger partial charge >= 0.3 is 0 Å². The number of nitrogens with zero attached hydrogens (tertiary/aromatic N) is 2. The van der Waals surface area contributed by atoms with Gasteiger partial charge in [0.1, 0.15) is 5.75 Å². The molecule has 1 atom stereocenters. The first-order valence-corrected chi connectivity index (χ1v) is 7.26. The third-order valence-electron chi connectivity index (χ3n) is 3.50. The molecule has 0 radical (unpaired) electrons. The molecular formula is C14H19BrN2O2. The Morgan fingerprint density at radius 3 is 2.84 bits per heavy atom. The summed E-state index contributed by atoms with van der Waals surface area (Å²) in [6.07, 6.45) is 0.981. The summed E-state index contributed by atoms with van der Waals surface area (Å²) in [4.78, 5) is 16.7. The van der Waals surface area contributed by atoms with E-state index in [0.717, 1.165) is 26.1 Å². The number of halogens is 1. The standard InChI is InChI=1S/C14H19BrN2O2/c1-10-9-16(2)6-3-7-17(10)14(19)11-4-5-12(15)13(18)8-11/h4-5,8,10,18H,3,6-7,9H2,1-2H3. The fraction of sp³-hybridized carbons (Fsp3) is 0.500. The van der Waals surface area contributed by atoms with E-state index in [2.05, 4.69) is 34.8 Å². The first-order valence-electron chi connectivity index (χ1n) is 6.47. The number of likely N-dealkylation sites (N-methyl/N-ethyl adjacent to an activating group) is 1. The van der Waals surface area contributed by atoms with Crippen LogP contribution in [0.2, 0.25) is 0 Å². The molecule has 1 heterocycles. The van der Waals surface area contributed by atoms with Crippen LogP contribution in [-0.2, 0) is 0 Å². The Kier molecular flexibility index (Phi) is 4.47. The SMILES string of the molecule is CC1CN(C)CCCN1C(=O)c1ccc(Br)c(O)c1. The Morgan fingerprint density at radius 1 is 1.42 bits per heavy atom. The molecule has 0 spiro atoms. The van der Waals surface area contributed by atoms with Crippen LogP contribution >= 0.6 is 15.9 Å². The van der Waals surface area contributed by atoms with Crippen molar-refractivity contribution in [1.29, 1.82) is 0 Å². The van der Waals surface area contributed by atoms with E-state index < -0.39 is 0 Å². The molecule has 1 saturated heterocycles. The Balaban J connectivity index is 2.20. The smallest absolute Gasteiger partial charge is 0.254 e. The Morgan fingerprint density at radius 2 is 2.16 bits per heavy atom. The van der Waals surface area contributed by atoms with Crippen molar-refractivity contribution in [2.75, 3.05) is 26.7 Å². The second-order valence-electron chi connectivity index (χ2n) is 5.13. The summed E-state index contributed by atoms with van der Waals surface area (Å²) >= 11 is 3.23. The van der Waals surface area contributed by atoms with E-state index in [1.165, 1.54) is 6.07 Å². The number of amides is 1. The fourth-order valence-electron chi connectivity index (χ4n) is 2.49. The predicted octanol–water partition coefficient (Wildman–Crippen LogP) is 2.32. The maximum Gasteiger partial charge on any atom is 0.254 e. The number of phenolic OH excluding ortho intramolecular Hbond substituents is 1. The highest BCUT2D eigenvalue weighted by Crippen LogP contribution is 2.25. The monoisotopic (exact) mass is 326 g/mol. The molecule has 1 aliphatic heterocycles. The molecule has 1 fully saturated rings. The molecule has 1 aromatic carbocycles. The van der Waals surface area contributed by atoms with Crippen LogP contribution in [0.1, 0.15) is 23.7 Å². The van der Waals surface area contributed by atoms with E-state index in [1.807, 2.05) is 4.90 Å². The largest absolute Gasteiger partial charge is 0.507 e. The van der Waals surface area contributed by atoms with Gasteiger partial charge in [0.05, 0.1) is 4.47 Å². The zero-order valence-electron chi connectivity index (χ0n) is 11.3. The summed E-state index contributed by atoms with van der Waals surface area (Å²) in [5, 5.41) is 9.69. The molecule has 0 aliphatic carbocycles. The fourth-order valence-corrected chi connectivity index (χ4v) is 2.73. The van der Waals surface area contributed by atoms with E-state index in [-0.39, 0.29) is 17.7 Å². The molecule has 19 heavy (non-hydrogen) atoms. The molecule has 4 nitrogen and oxygen atoms in total. The molecule has 0 aromatic heterocycles. The van der Waals surface area contributed by atoms with Gasteiger partial charge in [0.2, 0.25) is 0 Å². The van der Waals surface area contributed by atoms with E-state index in [4.69, 9.17) is 0 Å². The highest BCUT2D eigenvalue weighted by Gasteiger charge is 2.25. The van der Waals surface area contributed by atoms with Crippen LogP contribution in [-0.4, -0.2) is 53.5 Å². The van der Waals surface area contributed by atoms with Gasteiger partial charge in [-0.3, -0.25) is 4.79 Å². The maximum atomic E-state index is 12.5. The van der Waals surface area contributed by atoms with Crippen LogP contribution in [0.5, 0.6) is 5.75 Å². The maximum absolute atomic E-state index is 12.5. The van der Waals surface area contributed by atoms with Crippen molar-refractivity contribution in [3.05, 3.63) is 28.2 Å². The Labute approximate surface area is 122 Å². The van der Waals surface area contributed by atoms with Crippen LogP contribution in [0.15, 0.2) is 22.7 Å². The van der Waals surface area contributed by atoms with Crippen molar-refractivity contribution in [3.8, 4) is 5.75 Å². The Hall–Kier alpha value is -1.07. The zero-order valence-corrected chi connectivity index (χ0v) is 12.9. The lowest BCUT2D eigenvalue weighted by molar-refractivity contribution is 0.0696. The minimum Gasteiger partial charge on any atom is -0.507 e. The van der Waals surface area contributed by atoms with Gasteiger partial charge in [0.25, 0.3) is 5.91 Å². The number of hydrogen-bond donors (Lipinski definition) is 1. The van der Waals surface area contributed by atoms with Crippen LogP contribution in [0.25, 0.3) is 0 Å². The van der Waals surface area contributed by atoms with Gasteiger partial charge in [0.15, 0.2) is 0 Å². The van der Waals surface area contributed by atoms with Crippen LogP contribution in [0.3, 0.4) is 0 Å². The van der Waals surface area contributed by atoms with Crippen molar-refractivity contribution >= 4 is 21.8 Å². The van der Waals surface area contributed by atoms with Gasteiger partial charge in [-0.1, -0.05) is 0 Å². The molecule has 0 saturated carbocycles. The third-order valence-corrected chi connectivity index (χ3v) is 4.17. The van der Waals surface area contributed by atoms with Crippen molar-refractivity contribution in [2.24, 2.45) is 0 Å². The van der Waals surface area contributed by atoms with Crippen molar-refractivity contribution < 1.29 is 9.90 Å². The molecule has 5 heteroatoms. The minimum atomic E-state index is -0.00870. The molecule has 2 rings (SSSR count). The highest BCUT2D eigenvalue weighted by molar-refractivity contribution is 9.10. The van der Waals surface area contributed by atoms with E-state index in [1.54, 1.807) is 12.1 Å². The first-order chi connectivity index (χ1) is 8.99. The number of carbonyl (C=O) groups excluding carboxylic acids is 1. The third kappa shape index (κ3) is 3.28. The molecule has 1 N–H and O–H groups in total. The molecule has 1 unspecified atom stereocenters. The topological polar surface area (TPSA) is 43.8 Å². The van der Waals surface area contributed by atoms with Crippen LogP contribution in [0, 0.1) is 0 Å². The molecule has 1 amide bonds. The van der Waals surface area contributed by atoms with Crippen molar-refractivity contribution in [2.45, 2.75) is 19.4 Å².